The van der Waals surface area contributed by atoms with Gasteiger partial charge in [0, 0.05) is 24.8 Å². The third-order valence-corrected chi connectivity index (χ3v) is 3.26. The second-order valence-electron chi connectivity index (χ2n) is 4.59. The minimum absolute atomic E-state index is 0.380. The summed E-state index contributed by atoms with van der Waals surface area (Å²) in [7, 11) is 1.62. The number of hydrogen-bond donors (Lipinski definition) is 0. The van der Waals surface area contributed by atoms with Crippen LogP contribution in [0.2, 0.25) is 5.15 Å². The van der Waals surface area contributed by atoms with Gasteiger partial charge in [-0.2, -0.15) is 0 Å². The number of hydrogen-bond acceptors (Lipinski definition) is 3. The molecule has 19 heavy (non-hydrogen) atoms. The third-order valence-electron chi connectivity index (χ3n) is 2.95. The lowest BCUT2D eigenvalue weighted by molar-refractivity contribution is 0.177. The molecule has 0 fully saturated rings. The summed E-state index contributed by atoms with van der Waals surface area (Å²) in [4.78, 5) is 8.69. The summed E-state index contributed by atoms with van der Waals surface area (Å²) < 4.78 is 5.03. The third kappa shape index (κ3) is 3.52. The van der Waals surface area contributed by atoms with Gasteiger partial charge in [-0.15, -0.1) is 0 Å². The zero-order valence-corrected chi connectivity index (χ0v) is 12.2. The van der Waals surface area contributed by atoms with Crippen LogP contribution in [0, 0.1) is 13.8 Å². The topological polar surface area (TPSA) is 35.0 Å². The lowest BCUT2D eigenvalue weighted by Gasteiger charge is -2.10. The van der Waals surface area contributed by atoms with Gasteiger partial charge in [0.25, 0.3) is 0 Å². The SMILES string of the molecule is COCc1nc(C)c(Cc2cccc(C)c2)c(Cl)n1. The van der Waals surface area contributed by atoms with E-state index in [0.29, 0.717) is 17.6 Å². The molecule has 0 spiro atoms. The summed E-state index contributed by atoms with van der Waals surface area (Å²) in [6, 6.07) is 8.37. The number of halogens is 1. The molecule has 100 valence electrons. The van der Waals surface area contributed by atoms with Crippen molar-refractivity contribution in [2.75, 3.05) is 7.11 Å². The smallest absolute Gasteiger partial charge is 0.155 e. The van der Waals surface area contributed by atoms with Gasteiger partial charge >= 0.3 is 0 Å². The molecule has 1 heterocycles. The summed E-state index contributed by atoms with van der Waals surface area (Å²) in [6.45, 7) is 4.42. The molecule has 0 unspecified atom stereocenters. The summed E-state index contributed by atoms with van der Waals surface area (Å²) in [5, 5.41) is 0.515. The average Bonchev–Trinajstić information content (AvgIpc) is 2.34. The van der Waals surface area contributed by atoms with Crippen LogP contribution in [0.5, 0.6) is 0 Å². The monoisotopic (exact) mass is 276 g/mol. The van der Waals surface area contributed by atoms with E-state index < -0.39 is 0 Å². The van der Waals surface area contributed by atoms with Crippen molar-refractivity contribution in [2.45, 2.75) is 26.9 Å². The van der Waals surface area contributed by atoms with E-state index in [1.165, 1.54) is 11.1 Å². The largest absolute Gasteiger partial charge is 0.377 e. The van der Waals surface area contributed by atoms with Crippen molar-refractivity contribution in [3.8, 4) is 0 Å². The molecule has 0 saturated carbocycles. The van der Waals surface area contributed by atoms with E-state index in [9.17, 15) is 0 Å². The van der Waals surface area contributed by atoms with Crippen LogP contribution in [0.25, 0.3) is 0 Å². The van der Waals surface area contributed by atoms with Crippen LogP contribution in [0.4, 0.5) is 0 Å². The Morgan fingerprint density at radius 2 is 2.00 bits per heavy atom. The van der Waals surface area contributed by atoms with Gasteiger partial charge < -0.3 is 4.74 Å². The van der Waals surface area contributed by atoms with Crippen molar-refractivity contribution in [1.82, 2.24) is 9.97 Å². The molecule has 3 nitrogen and oxygen atoms in total. The van der Waals surface area contributed by atoms with E-state index in [2.05, 4.69) is 35.1 Å². The molecule has 1 aromatic heterocycles. The molecule has 2 rings (SSSR count). The molecule has 0 saturated heterocycles. The van der Waals surface area contributed by atoms with E-state index in [1.54, 1.807) is 7.11 Å². The maximum atomic E-state index is 6.25. The van der Waals surface area contributed by atoms with Crippen LogP contribution >= 0.6 is 11.6 Å². The maximum absolute atomic E-state index is 6.25. The Labute approximate surface area is 118 Å². The van der Waals surface area contributed by atoms with Crippen LogP contribution in [0.15, 0.2) is 24.3 Å². The summed E-state index contributed by atoms with van der Waals surface area (Å²) in [5.74, 6) is 0.623. The number of rotatable bonds is 4. The van der Waals surface area contributed by atoms with Gasteiger partial charge in [0.05, 0.1) is 0 Å². The zero-order valence-electron chi connectivity index (χ0n) is 11.4. The molecule has 0 amide bonds. The summed E-state index contributed by atoms with van der Waals surface area (Å²) in [5.41, 5.74) is 4.34. The maximum Gasteiger partial charge on any atom is 0.155 e. The molecule has 0 aliphatic heterocycles. The van der Waals surface area contributed by atoms with Crippen molar-refractivity contribution in [3.63, 3.8) is 0 Å². The molecular formula is C15H17ClN2O. The van der Waals surface area contributed by atoms with Gasteiger partial charge in [-0.25, -0.2) is 9.97 Å². The summed E-state index contributed by atoms with van der Waals surface area (Å²) >= 11 is 6.25. The van der Waals surface area contributed by atoms with Gasteiger partial charge in [0.1, 0.15) is 11.8 Å². The van der Waals surface area contributed by atoms with Crippen molar-refractivity contribution in [2.24, 2.45) is 0 Å². The normalized spacial score (nSPS) is 10.7. The highest BCUT2D eigenvalue weighted by Gasteiger charge is 2.10. The van der Waals surface area contributed by atoms with E-state index in [4.69, 9.17) is 16.3 Å². The van der Waals surface area contributed by atoms with Gasteiger partial charge in [0.2, 0.25) is 0 Å². The van der Waals surface area contributed by atoms with Gasteiger partial charge in [0.15, 0.2) is 5.82 Å². The Hall–Kier alpha value is -1.45. The Bertz CT molecular complexity index is 561. The highest BCUT2D eigenvalue weighted by Crippen LogP contribution is 2.21. The fraction of sp³-hybridized carbons (Fsp3) is 0.333. The standard InChI is InChI=1S/C15H17ClN2O/c1-10-5-4-6-12(7-10)8-13-11(2)17-14(9-19-3)18-15(13)16/h4-7H,8-9H2,1-3H3. The lowest BCUT2D eigenvalue weighted by atomic mass is 10.0. The van der Waals surface area contributed by atoms with Crippen molar-refractivity contribution in [1.29, 1.82) is 0 Å². The van der Waals surface area contributed by atoms with Crippen molar-refractivity contribution < 1.29 is 4.74 Å². The Balaban J connectivity index is 2.30. The predicted molar refractivity (Wildman–Crippen MR) is 76.5 cm³/mol. The first-order valence-electron chi connectivity index (χ1n) is 6.16. The zero-order chi connectivity index (χ0) is 13.8. The molecule has 1 aromatic carbocycles. The molecule has 0 N–H and O–H groups in total. The van der Waals surface area contributed by atoms with E-state index in [0.717, 1.165) is 17.7 Å². The van der Waals surface area contributed by atoms with E-state index in [1.807, 2.05) is 13.0 Å². The van der Waals surface area contributed by atoms with E-state index >= 15 is 0 Å². The predicted octanol–water partition coefficient (Wildman–Crippen LogP) is 3.48. The molecule has 4 heteroatoms. The number of methoxy groups -OCH3 is 1. The number of nitrogens with zero attached hydrogens (tertiary/aromatic N) is 2. The molecule has 0 aliphatic rings. The number of ether oxygens (including phenoxy) is 1. The number of aromatic nitrogens is 2. The van der Waals surface area contributed by atoms with Crippen molar-refractivity contribution in [3.05, 3.63) is 57.6 Å². The van der Waals surface area contributed by atoms with Crippen molar-refractivity contribution >= 4 is 11.6 Å². The van der Waals surface area contributed by atoms with Crippen LogP contribution in [-0.4, -0.2) is 17.1 Å². The van der Waals surface area contributed by atoms with Crippen LogP contribution < -0.4 is 0 Å². The Morgan fingerprint density at radius 1 is 1.21 bits per heavy atom. The Kier molecular flexibility index (Phi) is 4.51. The average molecular weight is 277 g/mol. The second kappa shape index (κ2) is 6.13. The second-order valence-corrected chi connectivity index (χ2v) is 4.95. The fourth-order valence-electron chi connectivity index (χ4n) is 2.04. The highest BCUT2D eigenvalue weighted by molar-refractivity contribution is 6.30. The molecule has 2 aromatic rings. The van der Waals surface area contributed by atoms with Crippen LogP contribution in [0.3, 0.4) is 0 Å². The van der Waals surface area contributed by atoms with Gasteiger partial charge in [-0.1, -0.05) is 41.4 Å². The fourth-order valence-corrected chi connectivity index (χ4v) is 2.34. The first kappa shape index (κ1) is 14.0. The molecule has 0 aliphatic carbocycles. The van der Waals surface area contributed by atoms with Gasteiger partial charge in [-0.05, 0) is 19.4 Å². The van der Waals surface area contributed by atoms with Gasteiger partial charge in [-0.3, -0.25) is 0 Å². The highest BCUT2D eigenvalue weighted by atomic mass is 35.5. The minimum Gasteiger partial charge on any atom is -0.377 e. The summed E-state index contributed by atoms with van der Waals surface area (Å²) in [6.07, 6.45) is 0.750. The molecule has 0 atom stereocenters. The molecule has 0 bridgehead atoms. The van der Waals surface area contributed by atoms with E-state index in [-0.39, 0.29) is 0 Å². The molecule has 0 radical (unpaired) electrons. The minimum atomic E-state index is 0.380. The Morgan fingerprint density at radius 3 is 2.63 bits per heavy atom. The number of aryl methyl sites for hydroxylation is 2. The lowest BCUT2D eigenvalue weighted by Crippen LogP contribution is -2.04. The molecular weight excluding hydrogens is 260 g/mol. The van der Waals surface area contributed by atoms with Crippen LogP contribution in [0.1, 0.15) is 28.2 Å². The number of benzene rings is 1. The quantitative estimate of drug-likeness (QED) is 0.802. The first-order valence-corrected chi connectivity index (χ1v) is 6.54. The first-order chi connectivity index (χ1) is 9.10. The van der Waals surface area contributed by atoms with Crippen LogP contribution in [-0.2, 0) is 17.8 Å².